The van der Waals surface area contributed by atoms with Gasteiger partial charge >= 0.3 is 6.18 Å². The van der Waals surface area contributed by atoms with Gasteiger partial charge in [0, 0.05) is 48.9 Å². The van der Waals surface area contributed by atoms with Gasteiger partial charge in [-0.1, -0.05) is 18.2 Å². The van der Waals surface area contributed by atoms with Crippen LogP contribution in [0.2, 0.25) is 0 Å². The van der Waals surface area contributed by atoms with Gasteiger partial charge in [0.1, 0.15) is 5.82 Å². The fraction of sp³-hybridized carbons (Fsp3) is 0.300. The van der Waals surface area contributed by atoms with E-state index in [9.17, 15) is 22.7 Å². The van der Waals surface area contributed by atoms with Crippen molar-refractivity contribution >= 4 is 22.3 Å². The lowest BCUT2D eigenvalue weighted by Crippen LogP contribution is -2.48. The fourth-order valence-corrected chi connectivity index (χ4v) is 6.00. The smallest absolute Gasteiger partial charge is 0.376 e. The van der Waals surface area contributed by atoms with Gasteiger partial charge < -0.3 is 14.9 Å². The van der Waals surface area contributed by atoms with Gasteiger partial charge in [0.15, 0.2) is 5.60 Å². The summed E-state index contributed by atoms with van der Waals surface area (Å²) >= 11 is 0. The average molecular weight is 537 g/mol. The molecule has 4 aromatic rings. The normalized spacial score (nSPS) is 18.9. The summed E-state index contributed by atoms with van der Waals surface area (Å²) in [6, 6.07) is 15.4. The van der Waals surface area contributed by atoms with E-state index < -0.39 is 23.5 Å². The van der Waals surface area contributed by atoms with Gasteiger partial charge in [0.2, 0.25) is 0 Å². The maximum atomic E-state index is 14.9. The van der Waals surface area contributed by atoms with Crippen molar-refractivity contribution in [3.63, 3.8) is 0 Å². The van der Waals surface area contributed by atoms with Crippen LogP contribution in [0.3, 0.4) is 0 Å². The first-order chi connectivity index (χ1) is 18.7. The van der Waals surface area contributed by atoms with Crippen LogP contribution in [0.5, 0.6) is 0 Å². The third kappa shape index (κ3) is 4.16. The quantitative estimate of drug-likeness (QED) is 0.232. The molecule has 0 radical (unpaired) electrons. The van der Waals surface area contributed by atoms with Gasteiger partial charge in [0.05, 0.1) is 17.4 Å². The molecule has 0 bridgehead atoms. The van der Waals surface area contributed by atoms with Crippen LogP contribution < -0.4 is 9.80 Å². The third-order valence-electron chi connectivity index (χ3n) is 7.97. The van der Waals surface area contributed by atoms with E-state index in [1.807, 2.05) is 17.0 Å². The van der Waals surface area contributed by atoms with Crippen LogP contribution >= 0.6 is 0 Å². The van der Waals surface area contributed by atoms with Crippen molar-refractivity contribution in [1.29, 1.82) is 0 Å². The highest BCUT2D eigenvalue weighted by Gasteiger charge is 2.62. The molecular weight excluding hydrogens is 508 g/mol. The lowest BCUT2D eigenvalue weighted by atomic mass is 9.77. The number of benzene rings is 3. The van der Waals surface area contributed by atoms with Crippen LogP contribution in [0.1, 0.15) is 29.9 Å². The monoisotopic (exact) mass is 536 g/mol. The minimum atomic E-state index is -4.95. The summed E-state index contributed by atoms with van der Waals surface area (Å²) in [6.45, 7) is 5.99. The highest BCUT2D eigenvalue weighted by atomic mass is 19.4. The molecule has 2 aliphatic heterocycles. The number of fused-ring (bicyclic) bond motifs is 2. The Balaban J connectivity index is 1.44. The zero-order chi connectivity index (χ0) is 27.4. The zero-order valence-electron chi connectivity index (χ0n) is 21.2. The molecule has 202 valence electrons. The van der Waals surface area contributed by atoms with Crippen LogP contribution in [0, 0.1) is 5.82 Å². The molecule has 2 atom stereocenters. The van der Waals surface area contributed by atoms with Crippen molar-refractivity contribution in [1.82, 2.24) is 9.78 Å². The van der Waals surface area contributed by atoms with Crippen molar-refractivity contribution < 1.29 is 22.7 Å². The molecule has 2 unspecified atom stereocenters. The Bertz CT molecular complexity index is 1520. The number of hydrogen-bond donors (Lipinski definition) is 1. The van der Waals surface area contributed by atoms with E-state index in [1.54, 1.807) is 24.3 Å². The maximum Gasteiger partial charge on any atom is 0.422 e. The molecule has 9 heteroatoms. The Morgan fingerprint density at radius 3 is 2.38 bits per heavy atom. The summed E-state index contributed by atoms with van der Waals surface area (Å²) in [5.41, 5.74) is -0.140. The fourth-order valence-electron chi connectivity index (χ4n) is 6.00. The number of aliphatic hydroxyl groups is 1. The molecule has 0 aliphatic carbocycles. The largest absolute Gasteiger partial charge is 0.422 e. The van der Waals surface area contributed by atoms with Gasteiger partial charge in [-0.15, -0.1) is 6.58 Å². The molecule has 2 aliphatic rings. The van der Waals surface area contributed by atoms with Crippen molar-refractivity contribution in [2.45, 2.75) is 30.5 Å². The molecular formula is C30H28F4N4O. The van der Waals surface area contributed by atoms with Crippen molar-refractivity contribution in [2.75, 3.05) is 36.0 Å². The second kappa shape index (κ2) is 9.41. The molecule has 6 rings (SSSR count). The predicted octanol–water partition coefficient (Wildman–Crippen LogP) is 6.30. The molecule has 0 amide bonds. The van der Waals surface area contributed by atoms with E-state index in [2.05, 4.69) is 16.6 Å². The minimum absolute atomic E-state index is 0.00625. The molecule has 1 aromatic heterocycles. The minimum Gasteiger partial charge on any atom is -0.376 e. The standard InChI is InChI=1S/C30H28F4N4O/c1-2-13-37-19-26(25-11-10-24(17-28(25)37)36-14-3-4-15-36)29(39,30(32,33)34)21-5-12-27-20(16-21)18-35-38(27)23-8-6-22(31)7-9-23/h2,5-12,16-18,26,39H,1,3-4,13-15,19H2. The number of alkyl halides is 3. The Morgan fingerprint density at radius 2 is 1.69 bits per heavy atom. The molecule has 1 N–H and O–H groups in total. The van der Waals surface area contributed by atoms with Gasteiger partial charge in [-0.2, -0.15) is 18.3 Å². The first-order valence-electron chi connectivity index (χ1n) is 13.0. The molecule has 3 heterocycles. The van der Waals surface area contributed by atoms with E-state index >= 15 is 0 Å². The number of halogens is 4. The van der Waals surface area contributed by atoms with E-state index in [-0.39, 0.29) is 12.1 Å². The van der Waals surface area contributed by atoms with E-state index in [1.165, 1.54) is 41.2 Å². The van der Waals surface area contributed by atoms with Gasteiger partial charge in [0.25, 0.3) is 0 Å². The van der Waals surface area contributed by atoms with E-state index in [0.717, 1.165) is 31.6 Å². The van der Waals surface area contributed by atoms with Crippen LogP contribution in [-0.2, 0) is 5.60 Å². The number of rotatable bonds is 6. The summed E-state index contributed by atoms with van der Waals surface area (Å²) in [5, 5.41) is 16.4. The van der Waals surface area contributed by atoms with Crippen LogP contribution in [0.4, 0.5) is 28.9 Å². The van der Waals surface area contributed by atoms with E-state index in [0.29, 0.717) is 34.4 Å². The Morgan fingerprint density at radius 1 is 0.974 bits per heavy atom. The summed E-state index contributed by atoms with van der Waals surface area (Å²) in [4.78, 5) is 4.09. The molecule has 0 saturated carbocycles. The summed E-state index contributed by atoms with van der Waals surface area (Å²) < 4.78 is 59.7. The lowest BCUT2D eigenvalue weighted by molar-refractivity contribution is -0.274. The van der Waals surface area contributed by atoms with Crippen LogP contribution in [0.25, 0.3) is 16.6 Å². The Labute approximate surface area is 223 Å². The predicted molar refractivity (Wildman–Crippen MR) is 144 cm³/mol. The van der Waals surface area contributed by atoms with E-state index in [4.69, 9.17) is 0 Å². The average Bonchev–Trinajstić information content (AvgIpc) is 3.67. The van der Waals surface area contributed by atoms with Crippen LogP contribution in [-0.4, -0.2) is 47.2 Å². The molecule has 39 heavy (non-hydrogen) atoms. The van der Waals surface area contributed by atoms with Crippen molar-refractivity contribution in [3.8, 4) is 5.69 Å². The molecule has 0 spiro atoms. The number of nitrogens with zero attached hydrogens (tertiary/aromatic N) is 4. The third-order valence-corrected chi connectivity index (χ3v) is 7.97. The summed E-state index contributed by atoms with van der Waals surface area (Å²) in [7, 11) is 0. The molecule has 5 nitrogen and oxygen atoms in total. The van der Waals surface area contributed by atoms with Gasteiger partial charge in [-0.05, 0) is 72.5 Å². The van der Waals surface area contributed by atoms with Crippen LogP contribution in [0.15, 0.2) is 79.5 Å². The van der Waals surface area contributed by atoms with Crippen molar-refractivity contribution in [2.24, 2.45) is 0 Å². The SMILES string of the molecule is C=CCN1CC(C(O)(c2ccc3c(cnn3-c3ccc(F)cc3)c2)C(F)(F)F)c2ccc(N3CCCC3)cc21. The molecule has 1 fully saturated rings. The number of hydrogen-bond acceptors (Lipinski definition) is 4. The lowest BCUT2D eigenvalue weighted by Gasteiger charge is -2.37. The second-order valence-electron chi connectivity index (χ2n) is 10.3. The Kier molecular flexibility index (Phi) is 6.14. The first-order valence-corrected chi connectivity index (χ1v) is 13.0. The number of aromatic nitrogens is 2. The summed E-state index contributed by atoms with van der Waals surface area (Å²) in [5.74, 6) is -1.65. The number of anilines is 2. The molecule has 1 saturated heterocycles. The zero-order valence-corrected chi connectivity index (χ0v) is 21.2. The van der Waals surface area contributed by atoms with Gasteiger partial charge in [-0.3, -0.25) is 0 Å². The highest BCUT2D eigenvalue weighted by molar-refractivity contribution is 5.81. The maximum absolute atomic E-state index is 14.9. The topological polar surface area (TPSA) is 44.5 Å². The van der Waals surface area contributed by atoms with Gasteiger partial charge in [-0.25, -0.2) is 9.07 Å². The summed E-state index contributed by atoms with van der Waals surface area (Å²) in [6.07, 6.45) is 0.340. The Hall–Kier alpha value is -3.85. The molecule has 3 aromatic carbocycles. The van der Waals surface area contributed by atoms with Crippen molar-refractivity contribution in [3.05, 3.63) is 96.5 Å². The highest BCUT2D eigenvalue weighted by Crippen LogP contribution is 2.54. The second-order valence-corrected chi connectivity index (χ2v) is 10.3. The first kappa shape index (κ1) is 25.4.